The van der Waals surface area contributed by atoms with E-state index >= 15 is 0 Å². The average Bonchev–Trinajstić information content (AvgIpc) is 3.31. The Morgan fingerprint density at radius 2 is 2.05 bits per heavy atom. The lowest BCUT2D eigenvalue weighted by Gasteiger charge is -2.23. The number of hydrogen-bond donors (Lipinski definition) is 1. The van der Waals surface area contributed by atoms with Crippen LogP contribution >= 0.6 is 0 Å². The summed E-state index contributed by atoms with van der Waals surface area (Å²) in [4.78, 5) is 14.1. The van der Waals surface area contributed by atoms with Crippen LogP contribution in [0.1, 0.15) is 25.3 Å². The van der Waals surface area contributed by atoms with Crippen LogP contribution in [-0.2, 0) is 11.2 Å². The van der Waals surface area contributed by atoms with Crippen molar-refractivity contribution >= 4 is 5.91 Å². The zero-order chi connectivity index (χ0) is 15.2. The van der Waals surface area contributed by atoms with E-state index in [1.54, 1.807) is 7.11 Å². The van der Waals surface area contributed by atoms with Gasteiger partial charge in [0.15, 0.2) is 0 Å². The number of hydrogen-bond acceptors (Lipinski definition) is 3. The maximum atomic E-state index is 11.9. The first-order chi connectivity index (χ1) is 10.1. The van der Waals surface area contributed by atoms with Crippen LogP contribution in [-0.4, -0.2) is 44.1 Å². The molecule has 0 bridgehead atoms. The maximum absolute atomic E-state index is 11.9. The van der Waals surface area contributed by atoms with Gasteiger partial charge in [0, 0.05) is 12.6 Å². The summed E-state index contributed by atoms with van der Waals surface area (Å²) in [5.41, 5.74) is 1.20. The second-order valence-corrected chi connectivity index (χ2v) is 5.94. The second-order valence-electron chi connectivity index (χ2n) is 5.94. The number of benzene rings is 1. The highest BCUT2D eigenvalue weighted by Gasteiger charge is 2.30. The van der Waals surface area contributed by atoms with Gasteiger partial charge in [-0.3, -0.25) is 9.69 Å². The van der Waals surface area contributed by atoms with E-state index in [0.717, 1.165) is 18.1 Å². The number of amides is 1. The summed E-state index contributed by atoms with van der Waals surface area (Å²) in [6.07, 6.45) is 3.47. The molecule has 1 N–H and O–H groups in total. The monoisotopic (exact) mass is 290 g/mol. The van der Waals surface area contributed by atoms with Crippen molar-refractivity contribution in [1.82, 2.24) is 10.2 Å². The van der Waals surface area contributed by atoms with Gasteiger partial charge in [0.05, 0.1) is 13.7 Å². The third kappa shape index (κ3) is 5.05. The van der Waals surface area contributed by atoms with Crippen LogP contribution in [0.4, 0.5) is 0 Å². The highest BCUT2D eigenvalue weighted by molar-refractivity contribution is 5.78. The molecule has 1 unspecified atom stereocenters. The molecule has 1 amide bonds. The number of nitrogens with zero attached hydrogens (tertiary/aromatic N) is 1. The molecule has 1 aromatic rings. The van der Waals surface area contributed by atoms with E-state index in [4.69, 9.17) is 4.74 Å². The molecular weight excluding hydrogens is 264 g/mol. The minimum Gasteiger partial charge on any atom is -0.497 e. The Morgan fingerprint density at radius 1 is 1.38 bits per heavy atom. The van der Waals surface area contributed by atoms with Gasteiger partial charge in [-0.2, -0.15) is 0 Å². The highest BCUT2D eigenvalue weighted by Crippen LogP contribution is 2.34. The molecule has 1 atom stereocenters. The van der Waals surface area contributed by atoms with Crippen LogP contribution in [0.5, 0.6) is 5.75 Å². The number of methoxy groups -OCH3 is 1. The van der Waals surface area contributed by atoms with Crippen LogP contribution in [0.25, 0.3) is 0 Å². The standard InChI is InChI=1S/C17H26N2O2/c1-13(15-6-7-15)19(2)12-17(20)18-11-10-14-4-8-16(21-3)9-5-14/h4-5,8-9,13,15H,6-7,10-12H2,1-3H3,(H,18,20). The van der Waals surface area contributed by atoms with Gasteiger partial charge in [-0.25, -0.2) is 0 Å². The summed E-state index contributed by atoms with van der Waals surface area (Å²) < 4.78 is 5.13. The van der Waals surface area contributed by atoms with E-state index in [9.17, 15) is 4.79 Å². The molecule has 0 saturated heterocycles. The number of ether oxygens (including phenoxy) is 1. The summed E-state index contributed by atoms with van der Waals surface area (Å²) in [7, 11) is 3.69. The molecule has 1 saturated carbocycles. The molecule has 0 aliphatic heterocycles. The van der Waals surface area contributed by atoms with Crippen LogP contribution < -0.4 is 10.1 Å². The van der Waals surface area contributed by atoms with Crippen molar-refractivity contribution in [3.8, 4) is 5.75 Å². The van der Waals surface area contributed by atoms with Gasteiger partial charge in [0.1, 0.15) is 5.75 Å². The van der Waals surface area contributed by atoms with Crippen molar-refractivity contribution < 1.29 is 9.53 Å². The molecule has 116 valence electrons. The second kappa shape index (κ2) is 7.46. The SMILES string of the molecule is COc1ccc(CCNC(=O)CN(C)C(C)C2CC2)cc1. The third-order valence-electron chi connectivity index (χ3n) is 4.29. The largest absolute Gasteiger partial charge is 0.497 e. The van der Waals surface area contributed by atoms with E-state index in [1.165, 1.54) is 18.4 Å². The molecule has 0 heterocycles. The van der Waals surface area contributed by atoms with Gasteiger partial charge < -0.3 is 10.1 Å². The molecular formula is C17H26N2O2. The van der Waals surface area contributed by atoms with E-state index in [-0.39, 0.29) is 5.91 Å². The Hall–Kier alpha value is -1.55. The smallest absolute Gasteiger partial charge is 0.234 e. The van der Waals surface area contributed by atoms with E-state index < -0.39 is 0 Å². The first-order valence-corrected chi connectivity index (χ1v) is 7.70. The van der Waals surface area contributed by atoms with E-state index in [1.807, 2.05) is 31.3 Å². The molecule has 4 heteroatoms. The molecule has 1 aliphatic carbocycles. The lowest BCUT2D eigenvalue weighted by atomic mass is 10.1. The Bertz CT molecular complexity index is 454. The molecule has 0 spiro atoms. The Labute approximate surface area is 127 Å². The predicted octanol–water partition coefficient (Wildman–Crippen LogP) is 2.08. The number of carbonyl (C=O) groups is 1. The highest BCUT2D eigenvalue weighted by atomic mass is 16.5. The van der Waals surface area contributed by atoms with Crippen molar-refractivity contribution in [1.29, 1.82) is 0 Å². The average molecular weight is 290 g/mol. The quantitative estimate of drug-likeness (QED) is 0.797. The summed E-state index contributed by atoms with van der Waals surface area (Å²) in [5, 5.41) is 2.99. The van der Waals surface area contributed by atoms with Crippen LogP contribution in [0.2, 0.25) is 0 Å². The number of nitrogens with one attached hydrogen (secondary N) is 1. The molecule has 4 nitrogen and oxygen atoms in total. The van der Waals surface area contributed by atoms with Crippen LogP contribution in [0.15, 0.2) is 24.3 Å². The molecule has 0 aromatic heterocycles. The lowest BCUT2D eigenvalue weighted by molar-refractivity contribution is -0.122. The summed E-state index contributed by atoms with van der Waals surface area (Å²) >= 11 is 0. The minimum atomic E-state index is 0.110. The molecule has 1 fully saturated rings. The summed E-state index contributed by atoms with van der Waals surface area (Å²) in [6, 6.07) is 8.47. The predicted molar refractivity (Wildman–Crippen MR) is 84.5 cm³/mol. The number of likely N-dealkylation sites (N-methyl/N-ethyl adjacent to an activating group) is 1. The van der Waals surface area contributed by atoms with Gasteiger partial charge in [0.25, 0.3) is 0 Å². The summed E-state index contributed by atoms with van der Waals surface area (Å²) in [6.45, 7) is 3.37. The Balaban J connectivity index is 1.66. The van der Waals surface area contributed by atoms with Gasteiger partial charge >= 0.3 is 0 Å². The molecule has 0 radical (unpaired) electrons. The van der Waals surface area contributed by atoms with Gasteiger partial charge in [-0.15, -0.1) is 0 Å². The molecule has 1 aromatic carbocycles. The van der Waals surface area contributed by atoms with Crippen LogP contribution in [0.3, 0.4) is 0 Å². The molecule has 1 aliphatic rings. The van der Waals surface area contributed by atoms with Crippen molar-refractivity contribution in [2.75, 3.05) is 27.2 Å². The van der Waals surface area contributed by atoms with Gasteiger partial charge in [0.2, 0.25) is 5.91 Å². The van der Waals surface area contributed by atoms with E-state index in [2.05, 4.69) is 17.1 Å². The first kappa shape index (κ1) is 15.8. The maximum Gasteiger partial charge on any atom is 0.234 e. The zero-order valence-corrected chi connectivity index (χ0v) is 13.3. The lowest BCUT2D eigenvalue weighted by Crippen LogP contribution is -2.40. The summed E-state index contributed by atoms with van der Waals surface area (Å²) in [5.74, 6) is 1.76. The fraction of sp³-hybridized carbons (Fsp3) is 0.588. The van der Waals surface area contributed by atoms with Gasteiger partial charge in [-0.05, 0) is 56.8 Å². The Morgan fingerprint density at radius 3 is 2.62 bits per heavy atom. The van der Waals surface area contributed by atoms with Crippen molar-refractivity contribution in [2.45, 2.75) is 32.2 Å². The van der Waals surface area contributed by atoms with Crippen LogP contribution in [0, 0.1) is 5.92 Å². The van der Waals surface area contributed by atoms with E-state index in [0.29, 0.717) is 19.1 Å². The number of carbonyl (C=O) groups excluding carboxylic acids is 1. The minimum absolute atomic E-state index is 0.110. The fourth-order valence-corrected chi connectivity index (χ4v) is 2.50. The zero-order valence-electron chi connectivity index (χ0n) is 13.3. The molecule has 21 heavy (non-hydrogen) atoms. The molecule has 2 rings (SSSR count). The third-order valence-corrected chi connectivity index (χ3v) is 4.29. The fourth-order valence-electron chi connectivity index (χ4n) is 2.50. The van der Waals surface area contributed by atoms with Crippen molar-refractivity contribution in [3.05, 3.63) is 29.8 Å². The Kier molecular flexibility index (Phi) is 5.62. The number of rotatable bonds is 8. The topological polar surface area (TPSA) is 41.6 Å². The first-order valence-electron chi connectivity index (χ1n) is 7.70. The van der Waals surface area contributed by atoms with Gasteiger partial charge in [-0.1, -0.05) is 12.1 Å². The van der Waals surface area contributed by atoms with Crippen molar-refractivity contribution in [3.63, 3.8) is 0 Å². The normalized spacial score (nSPS) is 15.8. The van der Waals surface area contributed by atoms with Crippen molar-refractivity contribution in [2.24, 2.45) is 5.92 Å².